The Labute approximate surface area is 122 Å². The van der Waals surface area contributed by atoms with Crippen LogP contribution in [0.2, 0.25) is 0 Å². The number of nitrogens with one attached hydrogen (secondary N) is 1. The van der Waals surface area contributed by atoms with E-state index in [1.165, 1.54) is 35.6 Å². The summed E-state index contributed by atoms with van der Waals surface area (Å²) in [5.41, 5.74) is 1.60. The van der Waals surface area contributed by atoms with Crippen LogP contribution in [0.1, 0.15) is 59.1 Å². The van der Waals surface area contributed by atoms with Gasteiger partial charge in [0.25, 0.3) is 0 Å². The number of thiazole rings is 1. The molecule has 3 rings (SSSR count). The van der Waals surface area contributed by atoms with Crippen molar-refractivity contribution in [2.24, 2.45) is 0 Å². The van der Waals surface area contributed by atoms with Gasteiger partial charge in [0.05, 0.1) is 6.04 Å². The van der Waals surface area contributed by atoms with Gasteiger partial charge < -0.3 is 5.32 Å². The maximum Gasteiger partial charge on any atom is 0.109 e. The molecule has 2 heterocycles. The molecule has 4 heteroatoms. The van der Waals surface area contributed by atoms with Crippen molar-refractivity contribution in [2.75, 3.05) is 0 Å². The van der Waals surface area contributed by atoms with E-state index < -0.39 is 0 Å². The quantitative estimate of drug-likeness (QED) is 0.897. The molecule has 2 unspecified atom stereocenters. The number of rotatable bonds is 4. The van der Waals surface area contributed by atoms with Crippen LogP contribution in [0, 0.1) is 0 Å². The van der Waals surface area contributed by atoms with Crippen molar-refractivity contribution in [2.45, 2.75) is 51.6 Å². The first-order chi connectivity index (χ1) is 9.24. The smallest absolute Gasteiger partial charge is 0.109 e. The number of hydrogen-bond donors (Lipinski definition) is 1. The number of nitrogens with zero attached hydrogens (tertiary/aromatic N) is 1. The fourth-order valence-corrected chi connectivity index (χ4v) is 4.63. The van der Waals surface area contributed by atoms with Gasteiger partial charge in [-0.15, -0.1) is 22.7 Å². The highest BCUT2D eigenvalue weighted by atomic mass is 32.1. The summed E-state index contributed by atoms with van der Waals surface area (Å²) < 4.78 is 0. The van der Waals surface area contributed by atoms with Gasteiger partial charge in [0.2, 0.25) is 0 Å². The van der Waals surface area contributed by atoms with Crippen LogP contribution in [0.3, 0.4) is 0 Å². The zero-order chi connectivity index (χ0) is 13.2. The first-order valence-electron chi connectivity index (χ1n) is 7.01. The lowest BCUT2D eigenvalue weighted by atomic mass is 9.99. The standard InChI is InChI=1S/C15H20N2S2/c1-10(17-11(2)15-16-7-8-18-15)14-9-12-5-3-4-6-13(12)19-14/h7-11,17H,3-6H2,1-2H3. The Morgan fingerprint density at radius 3 is 2.79 bits per heavy atom. The Kier molecular flexibility index (Phi) is 4.01. The Bertz CT molecular complexity index is 507. The highest BCUT2D eigenvalue weighted by Gasteiger charge is 2.18. The van der Waals surface area contributed by atoms with Gasteiger partial charge in [-0.1, -0.05) is 0 Å². The first kappa shape index (κ1) is 13.3. The third-order valence-electron chi connectivity index (χ3n) is 3.76. The summed E-state index contributed by atoms with van der Waals surface area (Å²) in [5, 5.41) is 6.88. The van der Waals surface area contributed by atoms with Gasteiger partial charge in [-0.3, -0.25) is 0 Å². The lowest BCUT2D eigenvalue weighted by molar-refractivity contribution is 0.498. The van der Waals surface area contributed by atoms with E-state index in [1.54, 1.807) is 21.8 Å². The molecule has 19 heavy (non-hydrogen) atoms. The van der Waals surface area contributed by atoms with Crippen molar-refractivity contribution in [3.8, 4) is 0 Å². The molecular formula is C15H20N2S2. The molecule has 2 aromatic rings. The van der Waals surface area contributed by atoms with E-state index in [4.69, 9.17) is 0 Å². The third-order valence-corrected chi connectivity index (χ3v) is 6.14. The molecule has 1 N–H and O–H groups in total. The normalized spacial score (nSPS) is 18.0. The van der Waals surface area contributed by atoms with Crippen LogP contribution in [-0.4, -0.2) is 4.98 Å². The minimum atomic E-state index is 0.328. The SMILES string of the molecule is CC(NC(C)c1nccs1)c1cc2c(s1)CCCC2. The van der Waals surface area contributed by atoms with E-state index in [0.29, 0.717) is 12.1 Å². The monoisotopic (exact) mass is 292 g/mol. The summed E-state index contributed by atoms with van der Waals surface area (Å²) in [6.45, 7) is 4.46. The molecule has 0 radical (unpaired) electrons. The molecule has 1 aliphatic rings. The van der Waals surface area contributed by atoms with Gasteiger partial charge in [-0.2, -0.15) is 0 Å². The Hall–Kier alpha value is -0.710. The number of aromatic nitrogens is 1. The highest BCUT2D eigenvalue weighted by Crippen LogP contribution is 2.33. The van der Waals surface area contributed by atoms with Crippen molar-refractivity contribution in [1.29, 1.82) is 0 Å². The Balaban J connectivity index is 1.70. The minimum Gasteiger partial charge on any atom is -0.301 e. The van der Waals surface area contributed by atoms with E-state index in [-0.39, 0.29) is 0 Å². The lowest BCUT2D eigenvalue weighted by Gasteiger charge is -2.17. The predicted octanol–water partition coefficient (Wildman–Crippen LogP) is 4.50. The van der Waals surface area contributed by atoms with Crippen LogP contribution in [0.15, 0.2) is 17.6 Å². The molecule has 0 aromatic carbocycles. The maximum absolute atomic E-state index is 4.39. The van der Waals surface area contributed by atoms with Crippen LogP contribution in [-0.2, 0) is 12.8 Å². The van der Waals surface area contributed by atoms with Gasteiger partial charge >= 0.3 is 0 Å². The molecule has 0 saturated carbocycles. The second-order valence-electron chi connectivity index (χ2n) is 5.28. The molecule has 0 fully saturated rings. The van der Waals surface area contributed by atoms with E-state index in [9.17, 15) is 0 Å². The van der Waals surface area contributed by atoms with E-state index >= 15 is 0 Å². The number of hydrogen-bond acceptors (Lipinski definition) is 4. The third kappa shape index (κ3) is 2.91. The van der Waals surface area contributed by atoms with Crippen molar-refractivity contribution in [1.82, 2.24) is 10.3 Å². The number of thiophene rings is 1. The highest BCUT2D eigenvalue weighted by molar-refractivity contribution is 7.12. The summed E-state index contributed by atoms with van der Waals surface area (Å²) in [4.78, 5) is 7.49. The first-order valence-corrected chi connectivity index (χ1v) is 8.70. The van der Waals surface area contributed by atoms with Crippen molar-refractivity contribution in [3.05, 3.63) is 38.0 Å². The summed E-state index contributed by atoms with van der Waals surface area (Å²) in [5.74, 6) is 0. The molecule has 0 amide bonds. The van der Waals surface area contributed by atoms with Gasteiger partial charge in [0.15, 0.2) is 0 Å². The zero-order valence-corrected chi connectivity index (χ0v) is 13.1. The molecule has 1 aliphatic carbocycles. The number of fused-ring (bicyclic) bond motifs is 1. The van der Waals surface area contributed by atoms with Crippen molar-refractivity contribution in [3.63, 3.8) is 0 Å². The van der Waals surface area contributed by atoms with Gasteiger partial charge in [-0.25, -0.2) is 4.98 Å². The van der Waals surface area contributed by atoms with Gasteiger partial charge in [0.1, 0.15) is 5.01 Å². The van der Waals surface area contributed by atoms with E-state index in [1.807, 2.05) is 22.9 Å². The van der Waals surface area contributed by atoms with E-state index in [2.05, 4.69) is 30.2 Å². The van der Waals surface area contributed by atoms with Gasteiger partial charge in [0, 0.05) is 27.4 Å². The summed E-state index contributed by atoms with van der Waals surface area (Å²) in [7, 11) is 0. The Morgan fingerprint density at radius 1 is 1.21 bits per heavy atom. The molecule has 2 nitrogen and oxygen atoms in total. The van der Waals surface area contributed by atoms with Crippen LogP contribution < -0.4 is 5.32 Å². The van der Waals surface area contributed by atoms with Crippen molar-refractivity contribution >= 4 is 22.7 Å². The average Bonchev–Trinajstić information content (AvgIpc) is 3.07. The van der Waals surface area contributed by atoms with E-state index in [0.717, 1.165) is 0 Å². The molecule has 0 bridgehead atoms. The van der Waals surface area contributed by atoms with Crippen molar-refractivity contribution < 1.29 is 0 Å². The molecule has 2 atom stereocenters. The molecular weight excluding hydrogens is 272 g/mol. The average molecular weight is 292 g/mol. The fourth-order valence-electron chi connectivity index (χ4n) is 2.70. The predicted molar refractivity (Wildman–Crippen MR) is 83.0 cm³/mol. The van der Waals surface area contributed by atoms with Crippen LogP contribution in [0.5, 0.6) is 0 Å². The second-order valence-corrected chi connectivity index (χ2v) is 7.38. The van der Waals surface area contributed by atoms with Crippen LogP contribution in [0.25, 0.3) is 0 Å². The fraction of sp³-hybridized carbons (Fsp3) is 0.533. The zero-order valence-electron chi connectivity index (χ0n) is 11.5. The molecule has 0 spiro atoms. The molecule has 0 aliphatic heterocycles. The molecule has 0 saturated heterocycles. The summed E-state index contributed by atoms with van der Waals surface area (Å²) >= 11 is 3.73. The summed E-state index contributed by atoms with van der Waals surface area (Å²) in [6.07, 6.45) is 7.17. The molecule has 102 valence electrons. The van der Waals surface area contributed by atoms with Crippen LogP contribution in [0.4, 0.5) is 0 Å². The van der Waals surface area contributed by atoms with Crippen LogP contribution >= 0.6 is 22.7 Å². The molecule has 2 aromatic heterocycles. The van der Waals surface area contributed by atoms with Gasteiger partial charge in [-0.05, 0) is 51.2 Å². The summed E-state index contributed by atoms with van der Waals surface area (Å²) in [6, 6.07) is 3.16. The lowest BCUT2D eigenvalue weighted by Crippen LogP contribution is -2.21. The largest absolute Gasteiger partial charge is 0.301 e. The Morgan fingerprint density at radius 2 is 2.05 bits per heavy atom. The maximum atomic E-state index is 4.39. The topological polar surface area (TPSA) is 24.9 Å². The number of aryl methyl sites for hydroxylation is 2. The second kappa shape index (κ2) is 5.73. The minimum absolute atomic E-state index is 0.328.